The van der Waals surface area contributed by atoms with Crippen molar-refractivity contribution in [3.63, 3.8) is 0 Å². The summed E-state index contributed by atoms with van der Waals surface area (Å²) in [6, 6.07) is 0. The summed E-state index contributed by atoms with van der Waals surface area (Å²) >= 11 is 0. The van der Waals surface area contributed by atoms with Crippen LogP contribution in [0.2, 0.25) is 0 Å². The number of hydrogen-bond donors (Lipinski definition) is 0. The normalized spacial score (nSPS) is 12.7. The Labute approximate surface area is 436 Å². The minimum atomic E-state index is -0.551. The highest BCUT2D eigenvalue weighted by molar-refractivity contribution is 5.70. The van der Waals surface area contributed by atoms with Gasteiger partial charge in [0.1, 0.15) is 6.61 Å². The van der Waals surface area contributed by atoms with Gasteiger partial charge in [0.15, 0.2) is 6.10 Å². The minimum absolute atomic E-state index is 0.0751. The molecule has 0 rings (SSSR count). The van der Waals surface area contributed by atoms with Crippen LogP contribution in [0.25, 0.3) is 0 Å². The van der Waals surface area contributed by atoms with Gasteiger partial charge >= 0.3 is 11.9 Å². The highest BCUT2D eigenvalue weighted by Crippen LogP contribution is 2.16. The van der Waals surface area contributed by atoms with Gasteiger partial charge in [0.25, 0.3) is 0 Å². The third kappa shape index (κ3) is 57.9. The molecule has 0 N–H and O–H groups in total. The Balaban J connectivity index is 4.27. The molecule has 406 valence electrons. The summed E-state index contributed by atoms with van der Waals surface area (Å²) in [5.74, 6) is -0.412. The van der Waals surface area contributed by atoms with Crippen LogP contribution in [0.4, 0.5) is 0 Å². The fraction of sp³-hybridized carbons (Fsp3) is 0.785. The Morgan fingerprint density at radius 2 is 0.643 bits per heavy atom. The maximum atomic E-state index is 12.9. The first-order valence-corrected chi connectivity index (χ1v) is 30.5. The molecule has 70 heavy (non-hydrogen) atoms. The molecule has 0 saturated heterocycles. The summed E-state index contributed by atoms with van der Waals surface area (Å²) in [5.41, 5.74) is 0. The van der Waals surface area contributed by atoms with Crippen molar-refractivity contribution in [1.29, 1.82) is 0 Å². The molecule has 0 aromatic rings. The zero-order valence-electron chi connectivity index (χ0n) is 46.8. The molecule has 0 fully saturated rings. The molecule has 1 unspecified atom stereocenters. The number of esters is 2. The fourth-order valence-electron chi connectivity index (χ4n) is 8.67. The van der Waals surface area contributed by atoms with Crippen molar-refractivity contribution in [1.82, 2.24) is 0 Å². The molecule has 0 amide bonds. The van der Waals surface area contributed by atoms with Crippen molar-refractivity contribution >= 4 is 11.9 Å². The average Bonchev–Trinajstić information content (AvgIpc) is 3.36. The van der Waals surface area contributed by atoms with Crippen LogP contribution in [-0.4, -0.2) is 37.9 Å². The zero-order valence-corrected chi connectivity index (χ0v) is 46.8. The van der Waals surface area contributed by atoms with E-state index in [2.05, 4.69) is 93.7 Å². The number of unbranched alkanes of at least 4 members (excludes halogenated alkanes) is 33. The molecule has 0 aliphatic heterocycles. The van der Waals surface area contributed by atoms with Crippen molar-refractivity contribution in [2.75, 3.05) is 19.8 Å². The van der Waals surface area contributed by atoms with Gasteiger partial charge in [0, 0.05) is 19.4 Å². The molecule has 1 atom stereocenters. The van der Waals surface area contributed by atoms with Gasteiger partial charge in [-0.3, -0.25) is 9.59 Å². The van der Waals surface area contributed by atoms with E-state index in [0.717, 1.165) is 77.0 Å². The highest BCUT2D eigenvalue weighted by Gasteiger charge is 2.17. The Morgan fingerprint density at radius 1 is 0.329 bits per heavy atom. The van der Waals surface area contributed by atoms with Gasteiger partial charge in [0.05, 0.1) is 6.61 Å². The molecule has 0 bridgehead atoms. The highest BCUT2D eigenvalue weighted by atomic mass is 16.6. The lowest BCUT2D eigenvalue weighted by Gasteiger charge is -2.18. The van der Waals surface area contributed by atoms with Crippen molar-refractivity contribution in [3.05, 3.63) is 72.9 Å². The van der Waals surface area contributed by atoms with Crippen LogP contribution in [0.5, 0.6) is 0 Å². The second-order valence-electron chi connectivity index (χ2n) is 20.2. The van der Waals surface area contributed by atoms with Crippen molar-refractivity contribution < 1.29 is 23.8 Å². The average molecular weight is 978 g/mol. The Morgan fingerprint density at radius 3 is 1.07 bits per heavy atom. The van der Waals surface area contributed by atoms with Gasteiger partial charge < -0.3 is 14.2 Å². The first kappa shape index (κ1) is 67.3. The predicted octanol–water partition coefficient (Wildman–Crippen LogP) is 21.0. The third-order valence-electron chi connectivity index (χ3n) is 13.2. The minimum Gasteiger partial charge on any atom is -0.462 e. The van der Waals surface area contributed by atoms with Crippen molar-refractivity contribution in [2.24, 2.45) is 0 Å². The summed E-state index contributed by atoms with van der Waals surface area (Å²) < 4.78 is 17.5. The van der Waals surface area contributed by atoms with E-state index in [0.29, 0.717) is 19.4 Å². The van der Waals surface area contributed by atoms with Crippen LogP contribution in [0.1, 0.15) is 303 Å². The molecule has 5 nitrogen and oxygen atoms in total. The molecule has 0 aliphatic carbocycles. The van der Waals surface area contributed by atoms with E-state index in [4.69, 9.17) is 14.2 Å². The molecular weight excluding hydrogens is 861 g/mol. The summed E-state index contributed by atoms with van der Waals surface area (Å²) in [7, 11) is 0. The third-order valence-corrected chi connectivity index (χ3v) is 13.2. The smallest absolute Gasteiger partial charge is 0.306 e. The number of carbonyl (C=O) groups is 2. The quantitative estimate of drug-likeness (QED) is 0.0345. The van der Waals surface area contributed by atoms with Crippen LogP contribution in [0.15, 0.2) is 72.9 Å². The van der Waals surface area contributed by atoms with Crippen molar-refractivity contribution in [2.45, 2.75) is 309 Å². The summed E-state index contributed by atoms with van der Waals surface area (Å²) in [4.78, 5) is 25.6. The number of rotatable bonds is 56. The van der Waals surface area contributed by atoms with E-state index in [1.165, 1.54) is 193 Å². The number of allylic oxidation sites excluding steroid dienone is 12. The summed E-state index contributed by atoms with van der Waals surface area (Å²) in [6.07, 6.45) is 79.3. The summed E-state index contributed by atoms with van der Waals surface area (Å²) in [6.45, 7) is 7.70. The lowest BCUT2D eigenvalue weighted by Crippen LogP contribution is -2.30. The van der Waals surface area contributed by atoms with Gasteiger partial charge in [-0.25, -0.2) is 0 Å². The maximum absolute atomic E-state index is 12.9. The monoisotopic (exact) mass is 977 g/mol. The van der Waals surface area contributed by atoms with Gasteiger partial charge in [-0.1, -0.05) is 254 Å². The van der Waals surface area contributed by atoms with E-state index < -0.39 is 6.10 Å². The Kier molecular flexibility index (Phi) is 58.3. The largest absolute Gasteiger partial charge is 0.462 e. The van der Waals surface area contributed by atoms with E-state index in [9.17, 15) is 9.59 Å². The first-order chi connectivity index (χ1) is 34.6. The zero-order chi connectivity index (χ0) is 50.6. The van der Waals surface area contributed by atoms with Crippen LogP contribution >= 0.6 is 0 Å². The van der Waals surface area contributed by atoms with Gasteiger partial charge in [-0.2, -0.15) is 0 Å². The maximum Gasteiger partial charge on any atom is 0.306 e. The molecule has 0 spiro atoms. The first-order valence-electron chi connectivity index (χ1n) is 30.5. The molecule has 0 saturated carbocycles. The lowest BCUT2D eigenvalue weighted by molar-refractivity contribution is -0.163. The molecule has 0 aromatic carbocycles. The van der Waals surface area contributed by atoms with E-state index >= 15 is 0 Å². The molecular formula is C65H116O5. The van der Waals surface area contributed by atoms with Crippen LogP contribution in [-0.2, 0) is 23.8 Å². The lowest BCUT2D eigenvalue weighted by atomic mass is 10.1. The molecule has 0 radical (unpaired) electrons. The second kappa shape index (κ2) is 60.6. The fourth-order valence-corrected chi connectivity index (χ4v) is 8.67. The van der Waals surface area contributed by atoms with Crippen LogP contribution in [0, 0.1) is 0 Å². The number of hydrogen-bond acceptors (Lipinski definition) is 5. The van der Waals surface area contributed by atoms with Gasteiger partial charge in [-0.05, 0) is 109 Å². The molecule has 0 heterocycles. The predicted molar refractivity (Wildman–Crippen MR) is 307 cm³/mol. The Hall–Kier alpha value is -2.66. The summed E-state index contributed by atoms with van der Waals surface area (Å²) in [5, 5.41) is 0. The van der Waals surface area contributed by atoms with E-state index in [-0.39, 0.29) is 25.2 Å². The van der Waals surface area contributed by atoms with Gasteiger partial charge in [0.2, 0.25) is 0 Å². The molecule has 0 aliphatic rings. The molecule has 5 heteroatoms. The SMILES string of the molecule is CC/C=C\C/C=C\C/C=C\CCCCCCCC(=O)OC(COCCCCCCCCCCCC/C=C\CCCCCCCC)COC(=O)CCCCCCCCCCC/C=C\C/C=C\CCCCC. The Bertz CT molecular complexity index is 1240. The van der Waals surface area contributed by atoms with Gasteiger partial charge in [-0.15, -0.1) is 0 Å². The topological polar surface area (TPSA) is 61.8 Å². The second-order valence-corrected chi connectivity index (χ2v) is 20.2. The van der Waals surface area contributed by atoms with Crippen molar-refractivity contribution in [3.8, 4) is 0 Å². The van der Waals surface area contributed by atoms with E-state index in [1.807, 2.05) is 0 Å². The van der Waals surface area contributed by atoms with E-state index in [1.54, 1.807) is 0 Å². The standard InChI is InChI=1S/C65H116O5/c1-4-7-10-13-16-19-22-25-28-30-32-34-36-39-42-45-48-51-54-57-60-68-61-63(70-65(67)59-56-53-50-47-44-41-37-27-24-21-18-15-12-9-6-3)62-69-64(66)58-55-52-49-46-43-40-38-35-33-31-29-26-23-20-17-14-11-8-5-2/h9,12,17-18,20-21,25-29,37,63H,4-8,10-11,13-16,19,22-24,30-36,38-62H2,1-3H3/b12-9-,20-17-,21-18-,28-25-,29-26-,37-27-. The van der Waals surface area contributed by atoms with Crippen LogP contribution < -0.4 is 0 Å². The molecule has 0 aromatic heterocycles. The number of ether oxygens (including phenoxy) is 3. The number of carbonyl (C=O) groups excluding carboxylic acids is 2. The van der Waals surface area contributed by atoms with Crippen LogP contribution in [0.3, 0.4) is 0 Å².